The van der Waals surface area contributed by atoms with Crippen molar-refractivity contribution < 1.29 is 9.53 Å². The minimum atomic E-state index is -0.411. The lowest BCUT2D eigenvalue weighted by Crippen LogP contribution is -2.55. The molecule has 2 aliphatic rings. The minimum Gasteiger partial charge on any atom is -0.444 e. The highest BCUT2D eigenvalue weighted by molar-refractivity contribution is 5.68. The van der Waals surface area contributed by atoms with Crippen LogP contribution in [0.25, 0.3) is 0 Å². The van der Waals surface area contributed by atoms with E-state index in [1.165, 1.54) is 6.42 Å². The molecule has 1 amide bonds. The molecule has 0 aromatic carbocycles. The third-order valence-corrected chi connectivity index (χ3v) is 5.21. The molecule has 1 N–H and O–H groups in total. The van der Waals surface area contributed by atoms with E-state index >= 15 is 0 Å². The predicted octanol–water partition coefficient (Wildman–Crippen LogP) is 2.70. The van der Waals surface area contributed by atoms with E-state index in [1.54, 1.807) is 0 Å². The minimum absolute atomic E-state index is 0.169. The number of amides is 1. The molecule has 2 rings (SSSR count). The maximum atomic E-state index is 12.1. The first-order valence-electron chi connectivity index (χ1n) is 9.10. The molecule has 2 heterocycles. The van der Waals surface area contributed by atoms with Crippen LogP contribution in [0.5, 0.6) is 0 Å². The summed E-state index contributed by atoms with van der Waals surface area (Å²) in [6.45, 7) is 13.2. The van der Waals surface area contributed by atoms with Gasteiger partial charge < -0.3 is 19.9 Å². The Bertz CT molecular complexity index is 400. The molecule has 0 saturated carbocycles. The van der Waals surface area contributed by atoms with Crippen molar-refractivity contribution in [1.82, 2.24) is 15.1 Å². The lowest BCUT2D eigenvalue weighted by molar-refractivity contribution is 0.0186. The number of nitrogens with one attached hydrogen (secondary N) is 1. The van der Waals surface area contributed by atoms with Crippen LogP contribution in [0.3, 0.4) is 0 Å². The summed E-state index contributed by atoms with van der Waals surface area (Å²) < 4.78 is 5.47. The lowest BCUT2D eigenvalue weighted by Gasteiger charge is -2.43. The Morgan fingerprint density at radius 3 is 2.35 bits per heavy atom. The van der Waals surface area contributed by atoms with Crippen molar-refractivity contribution in [3.8, 4) is 0 Å². The van der Waals surface area contributed by atoms with E-state index in [2.05, 4.69) is 31.1 Å². The quantitative estimate of drug-likeness (QED) is 0.848. The zero-order valence-electron chi connectivity index (χ0n) is 15.8. The zero-order chi connectivity index (χ0) is 17.2. The van der Waals surface area contributed by atoms with Crippen molar-refractivity contribution in [3.05, 3.63) is 0 Å². The van der Waals surface area contributed by atoms with Crippen molar-refractivity contribution in [2.75, 3.05) is 26.7 Å². The van der Waals surface area contributed by atoms with Crippen LogP contribution in [0, 0.1) is 5.92 Å². The number of likely N-dealkylation sites (tertiary alicyclic amines) is 2. The van der Waals surface area contributed by atoms with Crippen LogP contribution in [-0.2, 0) is 4.74 Å². The van der Waals surface area contributed by atoms with E-state index in [1.807, 2.05) is 25.7 Å². The Hall–Kier alpha value is -0.810. The van der Waals surface area contributed by atoms with Crippen LogP contribution in [0.1, 0.15) is 53.9 Å². The largest absolute Gasteiger partial charge is 0.444 e. The highest BCUT2D eigenvalue weighted by Gasteiger charge is 2.32. The molecule has 0 spiro atoms. The number of hydrogen-bond donors (Lipinski definition) is 1. The first kappa shape index (κ1) is 18.5. The highest BCUT2D eigenvalue weighted by Crippen LogP contribution is 2.23. The maximum Gasteiger partial charge on any atom is 0.410 e. The molecule has 0 aromatic heterocycles. The van der Waals surface area contributed by atoms with Crippen LogP contribution in [0.2, 0.25) is 0 Å². The summed E-state index contributed by atoms with van der Waals surface area (Å²) in [6.07, 6.45) is 3.08. The van der Waals surface area contributed by atoms with Gasteiger partial charge in [0.1, 0.15) is 5.60 Å². The van der Waals surface area contributed by atoms with E-state index in [0.29, 0.717) is 24.0 Å². The van der Waals surface area contributed by atoms with Crippen molar-refractivity contribution in [1.29, 1.82) is 0 Å². The summed E-state index contributed by atoms with van der Waals surface area (Å²) in [6, 6.07) is 1.77. The first-order valence-corrected chi connectivity index (χ1v) is 9.10. The number of rotatable bonds is 2. The normalized spacial score (nSPS) is 31.2. The number of ether oxygens (including phenoxy) is 1. The van der Waals surface area contributed by atoms with Gasteiger partial charge in [-0.05, 0) is 59.9 Å². The molecule has 134 valence electrons. The van der Waals surface area contributed by atoms with Crippen LogP contribution < -0.4 is 5.32 Å². The van der Waals surface area contributed by atoms with Crippen LogP contribution in [-0.4, -0.2) is 66.3 Å². The van der Waals surface area contributed by atoms with Gasteiger partial charge in [-0.3, -0.25) is 0 Å². The Kier molecular flexibility index (Phi) is 5.95. The van der Waals surface area contributed by atoms with E-state index in [0.717, 1.165) is 32.5 Å². The number of carbonyl (C=O) groups excluding carboxylic acids is 1. The topological polar surface area (TPSA) is 44.8 Å². The van der Waals surface area contributed by atoms with Crippen molar-refractivity contribution in [2.24, 2.45) is 5.92 Å². The molecule has 23 heavy (non-hydrogen) atoms. The molecule has 2 aliphatic heterocycles. The molecular formula is C18H35N3O2. The van der Waals surface area contributed by atoms with Crippen LogP contribution in [0.15, 0.2) is 0 Å². The first-order chi connectivity index (χ1) is 10.7. The molecule has 3 unspecified atom stereocenters. The Morgan fingerprint density at radius 2 is 1.78 bits per heavy atom. The summed E-state index contributed by atoms with van der Waals surface area (Å²) >= 11 is 0. The fourth-order valence-electron chi connectivity index (χ4n) is 3.63. The van der Waals surface area contributed by atoms with Gasteiger partial charge in [0.15, 0.2) is 0 Å². The molecule has 5 nitrogen and oxygen atoms in total. The Labute approximate surface area is 141 Å². The lowest BCUT2D eigenvalue weighted by atomic mass is 9.88. The summed E-state index contributed by atoms with van der Waals surface area (Å²) in [5.41, 5.74) is -0.411. The smallest absolute Gasteiger partial charge is 0.410 e. The molecule has 2 saturated heterocycles. The summed E-state index contributed by atoms with van der Waals surface area (Å²) in [5.74, 6) is 0.681. The van der Waals surface area contributed by atoms with E-state index in [9.17, 15) is 4.79 Å². The van der Waals surface area contributed by atoms with Gasteiger partial charge in [-0.25, -0.2) is 4.79 Å². The average Bonchev–Trinajstić information content (AvgIpc) is 2.43. The summed E-state index contributed by atoms with van der Waals surface area (Å²) in [4.78, 5) is 16.4. The molecule has 2 fully saturated rings. The van der Waals surface area contributed by atoms with E-state index < -0.39 is 5.60 Å². The molecule has 0 bridgehead atoms. The van der Waals surface area contributed by atoms with E-state index in [4.69, 9.17) is 4.74 Å². The maximum absolute atomic E-state index is 12.1. The molecule has 0 aliphatic carbocycles. The standard InChI is InChI=1S/C18H35N3O2/c1-13-12-20(6)14(2)11-16(13)19-15-7-9-21(10-8-15)17(22)23-18(3,4)5/h13-16,19H,7-12H2,1-6H3. The van der Waals surface area contributed by atoms with Gasteiger partial charge in [0.2, 0.25) is 0 Å². The Balaban J connectivity index is 1.77. The Morgan fingerprint density at radius 1 is 1.17 bits per heavy atom. The molecule has 3 atom stereocenters. The van der Waals surface area contributed by atoms with Crippen molar-refractivity contribution in [2.45, 2.75) is 77.6 Å². The highest BCUT2D eigenvalue weighted by atomic mass is 16.6. The number of nitrogens with zero attached hydrogens (tertiary/aromatic N) is 2. The number of piperidine rings is 2. The average molecular weight is 325 g/mol. The van der Waals surface area contributed by atoms with Crippen LogP contribution >= 0.6 is 0 Å². The van der Waals surface area contributed by atoms with Gasteiger partial charge in [0.05, 0.1) is 0 Å². The third kappa shape index (κ3) is 5.35. The molecule has 5 heteroatoms. The third-order valence-electron chi connectivity index (χ3n) is 5.21. The fraction of sp³-hybridized carbons (Fsp3) is 0.944. The summed E-state index contributed by atoms with van der Waals surface area (Å²) in [5, 5.41) is 3.86. The van der Waals surface area contributed by atoms with E-state index in [-0.39, 0.29) is 6.09 Å². The number of hydrogen-bond acceptors (Lipinski definition) is 4. The second-order valence-corrected chi connectivity index (χ2v) is 8.52. The summed E-state index contributed by atoms with van der Waals surface area (Å²) in [7, 11) is 2.22. The molecule has 0 aromatic rings. The predicted molar refractivity (Wildman–Crippen MR) is 93.6 cm³/mol. The van der Waals surface area contributed by atoms with Gasteiger partial charge in [0, 0.05) is 37.8 Å². The second-order valence-electron chi connectivity index (χ2n) is 8.52. The van der Waals surface area contributed by atoms with Crippen molar-refractivity contribution >= 4 is 6.09 Å². The molecular weight excluding hydrogens is 290 g/mol. The van der Waals surface area contributed by atoms with Gasteiger partial charge in [-0.15, -0.1) is 0 Å². The monoisotopic (exact) mass is 325 g/mol. The van der Waals surface area contributed by atoms with Gasteiger partial charge in [-0.1, -0.05) is 6.92 Å². The molecule has 0 radical (unpaired) electrons. The van der Waals surface area contributed by atoms with Gasteiger partial charge >= 0.3 is 6.09 Å². The fourth-order valence-corrected chi connectivity index (χ4v) is 3.63. The second kappa shape index (κ2) is 7.39. The van der Waals surface area contributed by atoms with Crippen molar-refractivity contribution in [3.63, 3.8) is 0 Å². The van der Waals surface area contributed by atoms with Crippen LogP contribution in [0.4, 0.5) is 4.79 Å². The van der Waals surface area contributed by atoms with Gasteiger partial charge in [-0.2, -0.15) is 0 Å². The SMILES string of the molecule is CC1CN(C)C(C)CC1NC1CCN(C(=O)OC(C)(C)C)CC1. The van der Waals surface area contributed by atoms with Gasteiger partial charge in [0.25, 0.3) is 0 Å². The zero-order valence-corrected chi connectivity index (χ0v) is 15.8. The number of carbonyl (C=O) groups is 1.